The van der Waals surface area contributed by atoms with E-state index in [1.165, 1.54) is 44.2 Å². The van der Waals surface area contributed by atoms with Crippen LogP contribution in [0.2, 0.25) is 0 Å². The Hall–Kier alpha value is -1.23. The normalized spacial score (nSPS) is 16.9. The van der Waals surface area contributed by atoms with Crippen LogP contribution in [-0.4, -0.2) is 19.2 Å². The first-order chi connectivity index (χ1) is 10.1. The van der Waals surface area contributed by atoms with E-state index in [0.717, 1.165) is 12.6 Å². The highest BCUT2D eigenvalue weighted by Crippen LogP contribution is 2.35. The molecule has 118 valence electrons. The van der Waals surface area contributed by atoms with Crippen molar-refractivity contribution in [3.63, 3.8) is 0 Å². The molecule has 1 fully saturated rings. The molecule has 0 bridgehead atoms. The lowest BCUT2D eigenvalue weighted by Crippen LogP contribution is -2.32. The summed E-state index contributed by atoms with van der Waals surface area (Å²) in [5, 5.41) is 3.45. The van der Waals surface area contributed by atoms with Crippen molar-refractivity contribution in [1.29, 1.82) is 0 Å². The van der Waals surface area contributed by atoms with Gasteiger partial charge in [0.25, 0.3) is 0 Å². The topological polar surface area (TPSA) is 21.3 Å². The maximum Gasteiger partial charge on any atom is 0.419 e. The number of ether oxygens (including phenoxy) is 1. The maximum absolute atomic E-state index is 12.8. The second-order valence-electron chi connectivity index (χ2n) is 5.48. The van der Waals surface area contributed by atoms with Crippen molar-refractivity contribution in [1.82, 2.24) is 5.32 Å². The Kier molecular flexibility index (Phi) is 5.91. The van der Waals surface area contributed by atoms with Crippen LogP contribution in [0.1, 0.15) is 44.1 Å². The first-order valence-electron chi connectivity index (χ1n) is 7.60. The molecule has 0 amide bonds. The number of benzene rings is 1. The monoisotopic (exact) mass is 301 g/mol. The van der Waals surface area contributed by atoms with Crippen molar-refractivity contribution in [2.45, 2.75) is 50.7 Å². The summed E-state index contributed by atoms with van der Waals surface area (Å²) in [7, 11) is 0. The number of nitrogens with one attached hydrogen (secondary N) is 1. The molecule has 0 heterocycles. The summed E-state index contributed by atoms with van der Waals surface area (Å²) in [6, 6.07) is 5.93. The minimum Gasteiger partial charge on any atom is -0.493 e. The van der Waals surface area contributed by atoms with Gasteiger partial charge in [-0.1, -0.05) is 31.4 Å². The van der Waals surface area contributed by atoms with Gasteiger partial charge in [0.2, 0.25) is 0 Å². The van der Waals surface area contributed by atoms with E-state index in [1.807, 2.05) is 0 Å². The van der Waals surface area contributed by atoms with Crippen molar-refractivity contribution in [3.05, 3.63) is 29.8 Å². The van der Waals surface area contributed by atoms with Crippen molar-refractivity contribution >= 4 is 0 Å². The first-order valence-corrected chi connectivity index (χ1v) is 7.60. The van der Waals surface area contributed by atoms with Gasteiger partial charge in [0, 0.05) is 6.04 Å². The molecule has 1 aromatic carbocycles. The lowest BCUT2D eigenvalue weighted by atomic mass is 9.95. The molecular formula is C16H22F3NO. The third-order valence-corrected chi connectivity index (χ3v) is 3.81. The summed E-state index contributed by atoms with van der Waals surface area (Å²) in [6.45, 7) is 1.09. The van der Waals surface area contributed by atoms with Gasteiger partial charge in [-0.15, -0.1) is 0 Å². The van der Waals surface area contributed by atoms with Gasteiger partial charge < -0.3 is 10.1 Å². The van der Waals surface area contributed by atoms with Crippen LogP contribution in [-0.2, 0) is 6.18 Å². The first kappa shape index (κ1) is 16.1. The fraction of sp³-hybridized carbons (Fsp3) is 0.625. The number of rotatable bonds is 6. The summed E-state index contributed by atoms with van der Waals surface area (Å²) in [5.74, 6) is -0.0809. The highest BCUT2D eigenvalue weighted by Gasteiger charge is 2.33. The molecule has 0 atom stereocenters. The number of para-hydroxylation sites is 1. The second-order valence-corrected chi connectivity index (χ2v) is 5.48. The van der Waals surface area contributed by atoms with E-state index < -0.39 is 11.7 Å². The van der Waals surface area contributed by atoms with Crippen LogP contribution in [0.5, 0.6) is 5.75 Å². The lowest BCUT2D eigenvalue weighted by Gasteiger charge is -2.22. The molecule has 1 saturated carbocycles. The zero-order valence-corrected chi connectivity index (χ0v) is 12.1. The molecule has 0 radical (unpaired) electrons. The largest absolute Gasteiger partial charge is 0.493 e. The molecule has 1 aromatic rings. The quantitative estimate of drug-likeness (QED) is 0.787. The highest BCUT2D eigenvalue weighted by molar-refractivity contribution is 5.35. The third-order valence-electron chi connectivity index (χ3n) is 3.81. The zero-order valence-electron chi connectivity index (χ0n) is 12.1. The predicted molar refractivity (Wildman–Crippen MR) is 76.4 cm³/mol. The molecule has 0 aliphatic heterocycles. The second kappa shape index (κ2) is 7.69. The van der Waals surface area contributed by atoms with E-state index in [4.69, 9.17) is 4.74 Å². The number of alkyl halides is 3. The minimum atomic E-state index is -4.36. The summed E-state index contributed by atoms with van der Waals surface area (Å²) >= 11 is 0. The zero-order chi connectivity index (χ0) is 15.1. The van der Waals surface area contributed by atoms with Crippen molar-refractivity contribution in [3.8, 4) is 5.75 Å². The van der Waals surface area contributed by atoms with E-state index in [1.54, 1.807) is 6.07 Å². The molecular weight excluding hydrogens is 279 g/mol. The number of halogens is 3. The van der Waals surface area contributed by atoms with Crippen LogP contribution in [0.25, 0.3) is 0 Å². The lowest BCUT2D eigenvalue weighted by molar-refractivity contribution is -0.138. The van der Waals surface area contributed by atoms with Gasteiger partial charge in [0.1, 0.15) is 5.75 Å². The molecule has 2 nitrogen and oxygen atoms in total. The van der Waals surface area contributed by atoms with Crippen LogP contribution in [0, 0.1) is 0 Å². The van der Waals surface area contributed by atoms with Crippen molar-refractivity contribution < 1.29 is 17.9 Å². The molecule has 1 aliphatic carbocycles. The van der Waals surface area contributed by atoms with Crippen molar-refractivity contribution in [2.75, 3.05) is 13.2 Å². The Labute approximate surface area is 123 Å². The van der Waals surface area contributed by atoms with E-state index in [0.29, 0.717) is 19.1 Å². The van der Waals surface area contributed by atoms with Crippen LogP contribution in [0.4, 0.5) is 13.2 Å². The molecule has 5 heteroatoms. The average molecular weight is 301 g/mol. The van der Waals surface area contributed by atoms with Crippen LogP contribution < -0.4 is 10.1 Å². The summed E-state index contributed by atoms with van der Waals surface area (Å²) in [5.41, 5.74) is -0.703. The molecule has 0 spiro atoms. The molecule has 2 rings (SSSR count). The van der Waals surface area contributed by atoms with E-state index in [9.17, 15) is 13.2 Å². The standard InChI is InChI=1S/C16H22F3NO/c17-16(18,19)14-9-4-5-10-15(14)21-12-6-11-20-13-7-2-1-3-8-13/h4-5,9-10,13,20H,1-3,6-8,11-12H2. The average Bonchev–Trinajstić information content (AvgIpc) is 2.47. The van der Waals surface area contributed by atoms with Gasteiger partial charge in [-0.05, 0) is 37.9 Å². The summed E-state index contributed by atoms with van der Waals surface area (Å²) in [4.78, 5) is 0. The third kappa shape index (κ3) is 5.23. The van der Waals surface area contributed by atoms with E-state index in [-0.39, 0.29) is 5.75 Å². The van der Waals surface area contributed by atoms with Gasteiger partial charge in [-0.2, -0.15) is 13.2 Å². The van der Waals surface area contributed by atoms with E-state index in [2.05, 4.69) is 5.32 Å². The van der Waals surface area contributed by atoms with Crippen LogP contribution >= 0.6 is 0 Å². The Morgan fingerprint density at radius 3 is 2.52 bits per heavy atom. The van der Waals surface area contributed by atoms with Gasteiger partial charge in [0.05, 0.1) is 12.2 Å². The van der Waals surface area contributed by atoms with Gasteiger partial charge in [-0.3, -0.25) is 0 Å². The Balaban J connectivity index is 1.71. The van der Waals surface area contributed by atoms with Crippen LogP contribution in [0.15, 0.2) is 24.3 Å². The molecule has 1 aliphatic rings. The smallest absolute Gasteiger partial charge is 0.419 e. The summed E-state index contributed by atoms with van der Waals surface area (Å²) < 4.78 is 43.6. The van der Waals surface area contributed by atoms with Gasteiger partial charge in [-0.25, -0.2) is 0 Å². The molecule has 0 aromatic heterocycles. The minimum absolute atomic E-state index is 0.0809. The molecule has 21 heavy (non-hydrogen) atoms. The predicted octanol–water partition coefficient (Wildman–Crippen LogP) is 4.40. The fourth-order valence-corrected chi connectivity index (χ4v) is 2.69. The van der Waals surface area contributed by atoms with Gasteiger partial charge >= 0.3 is 6.18 Å². The number of hydrogen-bond acceptors (Lipinski definition) is 2. The molecule has 0 unspecified atom stereocenters. The SMILES string of the molecule is FC(F)(F)c1ccccc1OCCCNC1CCCCC1. The van der Waals surface area contributed by atoms with Crippen molar-refractivity contribution in [2.24, 2.45) is 0 Å². The number of hydrogen-bond donors (Lipinski definition) is 1. The summed E-state index contributed by atoms with van der Waals surface area (Å²) in [6.07, 6.45) is 2.62. The molecule has 0 saturated heterocycles. The maximum atomic E-state index is 12.8. The van der Waals surface area contributed by atoms with Gasteiger partial charge in [0.15, 0.2) is 0 Å². The van der Waals surface area contributed by atoms with Crippen LogP contribution in [0.3, 0.4) is 0 Å². The highest BCUT2D eigenvalue weighted by atomic mass is 19.4. The fourth-order valence-electron chi connectivity index (χ4n) is 2.69. The Bertz CT molecular complexity index is 428. The van der Waals surface area contributed by atoms with E-state index >= 15 is 0 Å². The Morgan fingerprint density at radius 1 is 1.10 bits per heavy atom. The Morgan fingerprint density at radius 2 is 1.81 bits per heavy atom. The molecule has 1 N–H and O–H groups in total.